The number of aliphatic imine (C=N–C) groups is 1. The van der Waals surface area contributed by atoms with Crippen LogP contribution >= 0.6 is 15.9 Å². The smallest absolute Gasteiger partial charge is 0.372 e. The quantitative estimate of drug-likeness (QED) is 0.391. The van der Waals surface area contributed by atoms with Gasteiger partial charge >= 0.3 is 6.18 Å². The summed E-state index contributed by atoms with van der Waals surface area (Å²) in [6.07, 6.45) is -2.80. The van der Waals surface area contributed by atoms with Crippen molar-refractivity contribution in [3.8, 4) is 0 Å². The molecule has 0 bridgehead atoms. The summed E-state index contributed by atoms with van der Waals surface area (Å²) in [5, 5.41) is 6.47. The Bertz CT molecular complexity index is 580. The van der Waals surface area contributed by atoms with E-state index in [-0.39, 0.29) is 12.6 Å². The van der Waals surface area contributed by atoms with Crippen LogP contribution in [-0.4, -0.2) is 58.1 Å². The molecule has 0 radical (unpaired) electrons. The molecule has 0 aliphatic carbocycles. The molecule has 1 aromatic rings. The van der Waals surface area contributed by atoms with Gasteiger partial charge in [-0.05, 0) is 37.1 Å². The maximum atomic E-state index is 12.0. The predicted molar refractivity (Wildman–Crippen MR) is 101 cm³/mol. The van der Waals surface area contributed by atoms with Crippen LogP contribution in [0.5, 0.6) is 0 Å². The van der Waals surface area contributed by atoms with Gasteiger partial charge in [0.15, 0.2) is 5.96 Å². The van der Waals surface area contributed by atoms with Gasteiger partial charge in [0.25, 0.3) is 0 Å². The molecular weight excluding hydrogens is 413 g/mol. The van der Waals surface area contributed by atoms with Crippen LogP contribution in [0.25, 0.3) is 0 Å². The van der Waals surface area contributed by atoms with Crippen LogP contribution in [-0.2, 0) is 4.74 Å². The van der Waals surface area contributed by atoms with Crippen molar-refractivity contribution in [2.24, 2.45) is 4.99 Å². The minimum Gasteiger partial charge on any atom is -0.372 e. The van der Waals surface area contributed by atoms with Crippen LogP contribution in [0.4, 0.5) is 18.9 Å². The molecule has 0 spiro atoms. The largest absolute Gasteiger partial charge is 0.411 e. The molecule has 1 aromatic carbocycles. The molecule has 146 valence electrons. The monoisotopic (exact) mass is 436 g/mol. The van der Waals surface area contributed by atoms with E-state index in [2.05, 4.69) is 53.3 Å². The Hall–Kier alpha value is -1.48. The van der Waals surface area contributed by atoms with E-state index >= 15 is 0 Å². The topological polar surface area (TPSA) is 48.9 Å². The third-order valence-corrected chi connectivity index (χ3v) is 4.50. The average molecular weight is 437 g/mol. The summed E-state index contributed by atoms with van der Waals surface area (Å²) >= 11 is 3.44. The van der Waals surface area contributed by atoms with Crippen LogP contribution in [0.15, 0.2) is 33.7 Å². The second-order valence-corrected chi connectivity index (χ2v) is 6.99. The third-order valence-electron chi connectivity index (χ3n) is 3.97. The number of anilines is 1. The van der Waals surface area contributed by atoms with E-state index in [1.54, 1.807) is 7.05 Å². The van der Waals surface area contributed by atoms with Gasteiger partial charge in [0, 0.05) is 49.5 Å². The number of guanidine groups is 1. The molecule has 1 unspecified atom stereocenters. The van der Waals surface area contributed by atoms with E-state index in [0.717, 1.165) is 24.0 Å². The van der Waals surface area contributed by atoms with Crippen LogP contribution < -0.4 is 15.5 Å². The van der Waals surface area contributed by atoms with Gasteiger partial charge in [0.05, 0.1) is 0 Å². The van der Waals surface area contributed by atoms with Gasteiger partial charge < -0.3 is 20.3 Å². The molecule has 1 fully saturated rings. The highest BCUT2D eigenvalue weighted by atomic mass is 79.9. The summed E-state index contributed by atoms with van der Waals surface area (Å²) in [6, 6.07) is 8.49. The van der Waals surface area contributed by atoms with Crippen molar-refractivity contribution >= 4 is 27.6 Å². The molecular formula is C17H24BrF3N4O. The molecule has 5 nitrogen and oxygen atoms in total. The third kappa shape index (κ3) is 7.41. The first-order chi connectivity index (χ1) is 12.4. The highest BCUT2D eigenvalue weighted by Gasteiger charge is 2.27. The fourth-order valence-electron chi connectivity index (χ4n) is 2.72. The molecule has 1 atom stereocenters. The van der Waals surface area contributed by atoms with Gasteiger partial charge in [-0.2, -0.15) is 13.2 Å². The van der Waals surface area contributed by atoms with Gasteiger partial charge in [-0.25, -0.2) is 0 Å². The van der Waals surface area contributed by atoms with Crippen molar-refractivity contribution in [3.63, 3.8) is 0 Å². The molecule has 1 aliphatic rings. The molecule has 1 aliphatic heterocycles. The first-order valence-electron chi connectivity index (χ1n) is 8.49. The Morgan fingerprint density at radius 2 is 2.08 bits per heavy atom. The predicted octanol–water partition coefficient (Wildman–Crippen LogP) is 3.16. The first kappa shape index (κ1) is 20.8. The Kier molecular flexibility index (Phi) is 8.02. The van der Waals surface area contributed by atoms with Crippen LogP contribution in [0.2, 0.25) is 0 Å². The zero-order chi connectivity index (χ0) is 19.0. The van der Waals surface area contributed by atoms with E-state index in [0.29, 0.717) is 18.9 Å². The summed E-state index contributed by atoms with van der Waals surface area (Å²) < 4.78 is 41.6. The Morgan fingerprint density at radius 1 is 1.35 bits per heavy atom. The van der Waals surface area contributed by atoms with E-state index in [1.807, 2.05) is 12.1 Å². The Labute approximate surface area is 160 Å². The highest BCUT2D eigenvalue weighted by Crippen LogP contribution is 2.22. The van der Waals surface area contributed by atoms with Crippen molar-refractivity contribution in [3.05, 3.63) is 28.7 Å². The van der Waals surface area contributed by atoms with E-state index in [1.165, 1.54) is 5.69 Å². The maximum absolute atomic E-state index is 12.0. The summed E-state index contributed by atoms with van der Waals surface area (Å²) in [6.45, 7) is 1.19. The minimum atomic E-state index is -4.27. The summed E-state index contributed by atoms with van der Waals surface area (Å²) in [4.78, 5) is 6.47. The fraction of sp³-hybridized carbons (Fsp3) is 0.588. The second kappa shape index (κ2) is 10.0. The lowest BCUT2D eigenvalue weighted by atomic mass is 10.3. The molecule has 2 rings (SSSR count). The number of benzene rings is 1. The normalized spacial score (nSPS) is 18.3. The summed E-state index contributed by atoms with van der Waals surface area (Å²) in [5.41, 5.74) is 1.18. The van der Waals surface area contributed by atoms with Crippen LogP contribution in [0.1, 0.15) is 12.8 Å². The van der Waals surface area contributed by atoms with E-state index in [4.69, 9.17) is 0 Å². The van der Waals surface area contributed by atoms with Crippen molar-refractivity contribution in [1.29, 1.82) is 0 Å². The Morgan fingerprint density at radius 3 is 2.73 bits per heavy atom. The lowest BCUT2D eigenvalue weighted by Gasteiger charge is -2.20. The van der Waals surface area contributed by atoms with E-state index in [9.17, 15) is 13.2 Å². The zero-order valence-corrected chi connectivity index (χ0v) is 16.2. The highest BCUT2D eigenvalue weighted by molar-refractivity contribution is 9.10. The van der Waals surface area contributed by atoms with Gasteiger partial charge in [-0.3, -0.25) is 4.99 Å². The number of hydrogen-bond acceptors (Lipinski definition) is 3. The van der Waals surface area contributed by atoms with Crippen molar-refractivity contribution in [2.45, 2.75) is 25.1 Å². The van der Waals surface area contributed by atoms with Crippen molar-refractivity contribution in [2.75, 3.05) is 44.8 Å². The number of rotatable bonds is 7. The zero-order valence-electron chi connectivity index (χ0n) is 14.7. The molecule has 0 saturated carbocycles. The van der Waals surface area contributed by atoms with Crippen LogP contribution in [0.3, 0.4) is 0 Å². The number of ether oxygens (including phenoxy) is 1. The summed E-state index contributed by atoms with van der Waals surface area (Å²) in [7, 11) is 1.68. The minimum absolute atomic E-state index is 0.0598. The molecule has 2 N–H and O–H groups in total. The number of nitrogens with one attached hydrogen (secondary N) is 2. The van der Waals surface area contributed by atoms with Crippen molar-refractivity contribution in [1.82, 2.24) is 10.6 Å². The molecule has 0 aromatic heterocycles. The van der Waals surface area contributed by atoms with Gasteiger partial charge in [-0.1, -0.05) is 15.9 Å². The number of halogens is 4. The average Bonchev–Trinajstić information content (AvgIpc) is 3.05. The first-order valence-corrected chi connectivity index (χ1v) is 9.29. The molecule has 9 heteroatoms. The van der Waals surface area contributed by atoms with E-state index < -0.39 is 12.8 Å². The van der Waals surface area contributed by atoms with Gasteiger partial charge in [0.2, 0.25) is 0 Å². The Balaban J connectivity index is 1.66. The number of hydrogen-bond donors (Lipinski definition) is 2. The van der Waals surface area contributed by atoms with Crippen LogP contribution in [0, 0.1) is 0 Å². The maximum Gasteiger partial charge on any atom is 0.411 e. The number of nitrogens with zero attached hydrogens (tertiary/aromatic N) is 2. The van der Waals surface area contributed by atoms with Crippen molar-refractivity contribution < 1.29 is 17.9 Å². The molecule has 1 saturated heterocycles. The van der Waals surface area contributed by atoms with Gasteiger partial charge in [0.1, 0.15) is 6.61 Å². The fourth-order valence-corrected chi connectivity index (χ4v) is 2.99. The standard InChI is InChI=1S/C17H24BrF3N4O/c1-22-16(23-8-2-10-26-12-17(19,20)21)24-14-7-9-25(11-14)15-5-3-13(18)4-6-15/h3-6,14H,2,7-12H2,1H3,(H2,22,23,24). The summed E-state index contributed by atoms with van der Waals surface area (Å²) in [5.74, 6) is 0.656. The molecule has 26 heavy (non-hydrogen) atoms. The molecule has 0 amide bonds. The SMILES string of the molecule is CN=C(NCCCOCC(F)(F)F)NC1CCN(c2ccc(Br)cc2)C1. The lowest BCUT2D eigenvalue weighted by Crippen LogP contribution is -2.45. The second-order valence-electron chi connectivity index (χ2n) is 6.07. The number of alkyl halides is 3. The lowest BCUT2D eigenvalue weighted by molar-refractivity contribution is -0.173. The van der Waals surface area contributed by atoms with Gasteiger partial charge in [-0.15, -0.1) is 0 Å². The molecule has 1 heterocycles.